The summed E-state index contributed by atoms with van der Waals surface area (Å²) in [7, 11) is 0. The largest absolute Gasteiger partial charge is 0.486 e. The number of amides is 1. The minimum absolute atomic E-state index is 0.0412. The lowest BCUT2D eigenvalue weighted by atomic mass is 10.1. The van der Waals surface area contributed by atoms with Crippen LogP contribution in [0.3, 0.4) is 0 Å². The molecule has 1 heterocycles. The Bertz CT molecular complexity index is 838. The van der Waals surface area contributed by atoms with Crippen molar-refractivity contribution in [3.63, 3.8) is 0 Å². The van der Waals surface area contributed by atoms with E-state index in [1.165, 1.54) is 0 Å². The van der Waals surface area contributed by atoms with Crippen molar-refractivity contribution < 1.29 is 14.3 Å². The summed E-state index contributed by atoms with van der Waals surface area (Å²) in [4.78, 5) is 12.4. The lowest BCUT2D eigenvalue weighted by Gasteiger charge is -2.18. The number of benzene rings is 2. The van der Waals surface area contributed by atoms with Crippen LogP contribution in [-0.2, 0) is 4.79 Å². The van der Waals surface area contributed by atoms with Gasteiger partial charge in [-0.05, 0) is 36.3 Å². The van der Waals surface area contributed by atoms with E-state index >= 15 is 0 Å². The van der Waals surface area contributed by atoms with Gasteiger partial charge in [-0.2, -0.15) is 5.26 Å². The molecule has 0 saturated carbocycles. The Morgan fingerprint density at radius 3 is 2.60 bits per heavy atom. The van der Waals surface area contributed by atoms with Crippen LogP contribution < -0.4 is 14.8 Å². The first-order chi connectivity index (χ1) is 12.2. The van der Waals surface area contributed by atoms with E-state index in [4.69, 9.17) is 9.47 Å². The van der Waals surface area contributed by atoms with Gasteiger partial charge in [-0.3, -0.25) is 4.79 Å². The molecule has 0 radical (unpaired) electrons. The second-order valence-electron chi connectivity index (χ2n) is 5.68. The van der Waals surface area contributed by atoms with E-state index in [0.717, 1.165) is 5.56 Å². The summed E-state index contributed by atoms with van der Waals surface area (Å²) in [5.74, 6) is 0.883. The van der Waals surface area contributed by atoms with Gasteiger partial charge in [-0.25, -0.2) is 0 Å². The van der Waals surface area contributed by atoms with Crippen LogP contribution in [0.2, 0.25) is 0 Å². The summed E-state index contributed by atoms with van der Waals surface area (Å²) >= 11 is 0. The van der Waals surface area contributed by atoms with Gasteiger partial charge in [0.2, 0.25) is 0 Å². The molecule has 1 aliphatic heterocycles. The van der Waals surface area contributed by atoms with Crippen molar-refractivity contribution in [2.24, 2.45) is 0 Å². The summed E-state index contributed by atoms with van der Waals surface area (Å²) in [6.45, 7) is 2.89. The van der Waals surface area contributed by atoms with Crippen LogP contribution in [0.1, 0.15) is 24.1 Å². The van der Waals surface area contributed by atoms with Crippen molar-refractivity contribution in [2.75, 3.05) is 13.2 Å². The number of hydrogen-bond acceptors (Lipinski definition) is 4. The number of rotatable bonds is 4. The van der Waals surface area contributed by atoms with Crippen molar-refractivity contribution >= 4 is 12.0 Å². The third-order valence-corrected chi connectivity index (χ3v) is 3.89. The zero-order chi connectivity index (χ0) is 17.6. The van der Waals surface area contributed by atoms with Gasteiger partial charge >= 0.3 is 0 Å². The first-order valence-corrected chi connectivity index (χ1v) is 8.04. The number of nitrogens with one attached hydrogen (secondary N) is 1. The predicted octanol–water partition coefficient (Wildman–Crippen LogP) is 3.24. The van der Waals surface area contributed by atoms with E-state index in [9.17, 15) is 10.1 Å². The lowest BCUT2D eigenvalue weighted by Crippen LogP contribution is -2.27. The standard InChI is InChI=1S/C20H18N2O3/c1-14(16-5-3-2-4-6-16)22-20(23)17(13-21)11-15-7-8-18-19(12-15)25-10-9-24-18/h2-8,11-12,14H,9-10H2,1H3,(H,22,23)/b17-11+/t14-/m1/s1. The van der Waals surface area contributed by atoms with Crippen LogP contribution in [-0.4, -0.2) is 19.1 Å². The molecular weight excluding hydrogens is 316 g/mol. The molecule has 5 heteroatoms. The molecule has 0 aromatic heterocycles. The van der Waals surface area contributed by atoms with Gasteiger partial charge < -0.3 is 14.8 Å². The van der Waals surface area contributed by atoms with Gasteiger partial charge in [0, 0.05) is 0 Å². The minimum Gasteiger partial charge on any atom is -0.486 e. The quantitative estimate of drug-likeness (QED) is 0.688. The van der Waals surface area contributed by atoms with Gasteiger partial charge in [-0.1, -0.05) is 36.4 Å². The van der Waals surface area contributed by atoms with E-state index in [0.29, 0.717) is 30.3 Å². The Morgan fingerprint density at radius 2 is 1.88 bits per heavy atom. The SMILES string of the molecule is C[C@@H](NC(=O)/C(C#N)=C/c1ccc2c(c1)OCCO2)c1ccccc1. The number of carbonyl (C=O) groups is 1. The number of fused-ring (bicyclic) bond motifs is 1. The maximum Gasteiger partial charge on any atom is 0.262 e. The molecular formula is C20H18N2O3. The van der Waals surface area contributed by atoms with Crippen molar-refractivity contribution in [1.82, 2.24) is 5.32 Å². The Morgan fingerprint density at radius 1 is 1.16 bits per heavy atom. The number of nitriles is 1. The van der Waals surface area contributed by atoms with E-state index in [2.05, 4.69) is 5.32 Å². The molecule has 0 aliphatic carbocycles. The first kappa shape index (κ1) is 16.6. The molecule has 2 aromatic carbocycles. The van der Waals surface area contributed by atoms with E-state index in [1.807, 2.05) is 43.3 Å². The lowest BCUT2D eigenvalue weighted by molar-refractivity contribution is -0.117. The van der Waals surface area contributed by atoms with Gasteiger partial charge in [-0.15, -0.1) is 0 Å². The average Bonchev–Trinajstić information content (AvgIpc) is 2.66. The van der Waals surface area contributed by atoms with Crippen molar-refractivity contribution in [3.8, 4) is 17.6 Å². The van der Waals surface area contributed by atoms with E-state index in [1.54, 1.807) is 24.3 Å². The highest BCUT2D eigenvalue weighted by Gasteiger charge is 2.15. The summed E-state index contributed by atoms with van der Waals surface area (Å²) in [5, 5.41) is 12.2. The molecule has 5 nitrogen and oxygen atoms in total. The van der Waals surface area contributed by atoms with Gasteiger partial charge in [0.25, 0.3) is 5.91 Å². The molecule has 3 rings (SSSR count). The maximum atomic E-state index is 12.4. The Labute approximate surface area is 146 Å². The zero-order valence-electron chi connectivity index (χ0n) is 13.9. The topological polar surface area (TPSA) is 71.4 Å². The number of carbonyl (C=O) groups excluding carboxylic acids is 1. The molecule has 1 atom stereocenters. The summed E-state index contributed by atoms with van der Waals surface area (Å²) in [6, 6.07) is 16.7. The molecule has 0 fully saturated rings. The van der Waals surface area contributed by atoms with E-state index in [-0.39, 0.29) is 11.6 Å². The van der Waals surface area contributed by atoms with Crippen LogP contribution in [0.25, 0.3) is 6.08 Å². The number of hydrogen-bond donors (Lipinski definition) is 1. The van der Waals surface area contributed by atoms with Crippen LogP contribution in [0.5, 0.6) is 11.5 Å². The van der Waals surface area contributed by atoms with Crippen LogP contribution in [0, 0.1) is 11.3 Å². The van der Waals surface area contributed by atoms with Gasteiger partial charge in [0.15, 0.2) is 11.5 Å². The minimum atomic E-state index is -0.409. The summed E-state index contributed by atoms with van der Waals surface area (Å²) < 4.78 is 11.0. The normalized spacial score (nSPS) is 14.3. The molecule has 1 N–H and O–H groups in total. The van der Waals surface area contributed by atoms with Crippen molar-refractivity contribution in [1.29, 1.82) is 5.26 Å². The average molecular weight is 334 g/mol. The summed E-state index contributed by atoms with van der Waals surface area (Å²) in [6.07, 6.45) is 1.55. The highest BCUT2D eigenvalue weighted by atomic mass is 16.6. The predicted molar refractivity (Wildman–Crippen MR) is 94.0 cm³/mol. The second kappa shape index (κ2) is 7.54. The fourth-order valence-electron chi connectivity index (χ4n) is 2.56. The monoisotopic (exact) mass is 334 g/mol. The molecule has 126 valence electrons. The summed E-state index contributed by atoms with van der Waals surface area (Å²) in [5.41, 5.74) is 1.73. The Hall–Kier alpha value is -3.26. The highest BCUT2D eigenvalue weighted by molar-refractivity contribution is 6.01. The molecule has 0 bridgehead atoms. The maximum absolute atomic E-state index is 12.4. The fraction of sp³-hybridized carbons (Fsp3) is 0.200. The smallest absolute Gasteiger partial charge is 0.262 e. The molecule has 0 spiro atoms. The molecule has 2 aromatic rings. The first-order valence-electron chi connectivity index (χ1n) is 8.04. The molecule has 1 amide bonds. The second-order valence-corrected chi connectivity index (χ2v) is 5.68. The third kappa shape index (κ3) is 3.99. The highest BCUT2D eigenvalue weighted by Crippen LogP contribution is 2.31. The van der Waals surface area contributed by atoms with Crippen molar-refractivity contribution in [3.05, 3.63) is 65.2 Å². The van der Waals surface area contributed by atoms with E-state index < -0.39 is 5.91 Å². The molecule has 0 unspecified atom stereocenters. The fourth-order valence-corrected chi connectivity index (χ4v) is 2.56. The van der Waals surface area contributed by atoms with Gasteiger partial charge in [0.05, 0.1) is 6.04 Å². The molecule has 0 saturated heterocycles. The third-order valence-electron chi connectivity index (χ3n) is 3.89. The van der Waals surface area contributed by atoms with Crippen LogP contribution in [0.15, 0.2) is 54.1 Å². The Kier molecular flexibility index (Phi) is 5.00. The zero-order valence-corrected chi connectivity index (χ0v) is 13.9. The molecule has 1 aliphatic rings. The number of nitrogens with zero attached hydrogens (tertiary/aromatic N) is 1. The number of ether oxygens (including phenoxy) is 2. The van der Waals surface area contributed by atoms with Crippen LogP contribution >= 0.6 is 0 Å². The Balaban J connectivity index is 1.76. The van der Waals surface area contributed by atoms with Crippen LogP contribution in [0.4, 0.5) is 0 Å². The molecule has 25 heavy (non-hydrogen) atoms. The van der Waals surface area contributed by atoms with Gasteiger partial charge in [0.1, 0.15) is 24.9 Å². The van der Waals surface area contributed by atoms with Crippen molar-refractivity contribution in [2.45, 2.75) is 13.0 Å².